The molecule has 0 unspecified atom stereocenters. The van der Waals surface area contributed by atoms with Gasteiger partial charge in [0.05, 0.1) is 16.1 Å². The lowest BCUT2D eigenvalue weighted by Crippen LogP contribution is -2.31. The van der Waals surface area contributed by atoms with Gasteiger partial charge in [0.25, 0.3) is 10.0 Å². The zero-order valence-corrected chi connectivity index (χ0v) is 14.9. The minimum absolute atomic E-state index is 0.171. The van der Waals surface area contributed by atoms with Gasteiger partial charge in [-0.15, -0.1) is 11.3 Å². The summed E-state index contributed by atoms with van der Waals surface area (Å²) in [5.74, 6) is 0. The number of nitrogens with zero attached hydrogens (tertiary/aromatic N) is 1. The van der Waals surface area contributed by atoms with E-state index in [4.69, 9.17) is 0 Å². The summed E-state index contributed by atoms with van der Waals surface area (Å²) >= 11 is 4.51. The molecule has 1 heterocycles. The van der Waals surface area contributed by atoms with Crippen LogP contribution in [0, 0.1) is 6.92 Å². The minimum atomic E-state index is -3.66. The average Bonchev–Trinajstić information content (AvgIpc) is 2.83. The number of aliphatic hydroxyl groups excluding tert-OH is 1. The molecule has 0 aliphatic heterocycles. The lowest BCUT2D eigenvalue weighted by molar-refractivity contribution is 0.285. The van der Waals surface area contributed by atoms with E-state index in [1.807, 2.05) is 25.1 Å². The second kappa shape index (κ2) is 6.48. The molecule has 1 N–H and O–H groups in total. The summed E-state index contributed by atoms with van der Waals surface area (Å²) in [5, 5.41) is 9.18. The van der Waals surface area contributed by atoms with Crippen LogP contribution in [0.2, 0.25) is 0 Å². The third-order valence-corrected chi connectivity index (χ3v) is 7.23. The number of halogens is 1. The summed E-state index contributed by atoms with van der Waals surface area (Å²) in [6.45, 7) is 3.85. The maximum Gasteiger partial charge on any atom is 0.266 e. The predicted octanol–water partition coefficient (Wildman–Crippen LogP) is 3.53. The van der Waals surface area contributed by atoms with Gasteiger partial charge < -0.3 is 5.11 Å². The first-order chi connectivity index (χ1) is 9.91. The molecule has 0 atom stereocenters. The molecule has 4 nitrogen and oxygen atoms in total. The zero-order chi connectivity index (χ0) is 15.6. The summed E-state index contributed by atoms with van der Waals surface area (Å²) in [6.07, 6.45) is 0. The summed E-state index contributed by atoms with van der Waals surface area (Å²) in [7, 11) is -3.66. The quantitative estimate of drug-likeness (QED) is 0.850. The zero-order valence-electron chi connectivity index (χ0n) is 11.7. The van der Waals surface area contributed by atoms with Gasteiger partial charge in [-0.1, -0.05) is 18.2 Å². The van der Waals surface area contributed by atoms with Crippen molar-refractivity contribution < 1.29 is 13.5 Å². The molecule has 0 spiro atoms. The summed E-state index contributed by atoms with van der Waals surface area (Å²) in [4.78, 5) is 0.808. The van der Waals surface area contributed by atoms with Gasteiger partial charge in [-0.3, -0.25) is 4.31 Å². The van der Waals surface area contributed by atoms with Crippen LogP contribution in [0.15, 0.2) is 39.0 Å². The molecule has 0 amide bonds. The number of hydrogen-bond donors (Lipinski definition) is 1. The molecule has 1 aromatic carbocycles. The molecule has 0 bridgehead atoms. The highest BCUT2D eigenvalue weighted by Crippen LogP contribution is 2.35. The Morgan fingerprint density at radius 3 is 2.52 bits per heavy atom. The lowest BCUT2D eigenvalue weighted by Gasteiger charge is -2.24. The van der Waals surface area contributed by atoms with Gasteiger partial charge in [-0.05, 0) is 47.5 Å². The number of benzene rings is 1. The van der Waals surface area contributed by atoms with Gasteiger partial charge in [-0.2, -0.15) is 0 Å². The number of aryl methyl sites for hydroxylation is 1. The Kier molecular flexibility index (Phi) is 5.08. The largest absolute Gasteiger partial charge is 0.391 e. The molecule has 0 radical (unpaired) electrons. The number of hydrogen-bond acceptors (Lipinski definition) is 4. The Hall–Kier alpha value is -0.890. The van der Waals surface area contributed by atoms with Crippen LogP contribution in [0.25, 0.3) is 0 Å². The third-order valence-electron chi connectivity index (χ3n) is 3.10. The van der Waals surface area contributed by atoms with E-state index in [9.17, 15) is 13.5 Å². The van der Waals surface area contributed by atoms with Crippen LogP contribution in [0.1, 0.15) is 17.4 Å². The van der Waals surface area contributed by atoms with E-state index in [1.54, 1.807) is 13.0 Å². The van der Waals surface area contributed by atoms with Crippen molar-refractivity contribution in [3.63, 3.8) is 0 Å². The molecule has 1 aromatic heterocycles. The summed E-state index contributed by atoms with van der Waals surface area (Å²) in [5.41, 5.74) is 1.57. The molecular formula is C14H16BrNO3S2. The molecule has 0 saturated carbocycles. The van der Waals surface area contributed by atoms with E-state index in [-0.39, 0.29) is 11.5 Å². The number of rotatable bonds is 5. The second-order valence-corrected chi connectivity index (χ2v) is 8.75. The van der Waals surface area contributed by atoms with Gasteiger partial charge in [0.2, 0.25) is 0 Å². The fourth-order valence-electron chi connectivity index (χ4n) is 2.08. The molecule has 114 valence electrons. The molecule has 2 aromatic rings. The first kappa shape index (κ1) is 16.5. The standard InChI is InChI=1S/C14H16BrNO3S2/c1-3-16(12-7-5-4-6-10(12)2)21(18,19)13-8-11(9-17)20-14(13)15/h4-8,17H,3,9H2,1-2H3. The van der Waals surface area contributed by atoms with Crippen LogP contribution in [0.3, 0.4) is 0 Å². The van der Waals surface area contributed by atoms with Gasteiger partial charge in [0, 0.05) is 11.4 Å². The average molecular weight is 390 g/mol. The Labute approximate surface area is 137 Å². The van der Waals surface area contributed by atoms with Gasteiger partial charge >= 0.3 is 0 Å². The van der Waals surface area contributed by atoms with Crippen molar-refractivity contribution in [1.82, 2.24) is 0 Å². The Morgan fingerprint density at radius 2 is 2.00 bits per heavy atom. The smallest absolute Gasteiger partial charge is 0.266 e. The van der Waals surface area contributed by atoms with Crippen molar-refractivity contribution in [2.24, 2.45) is 0 Å². The van der Waals surface area contributed by atoms with Crippen molar-refractivity contribution in [2.75, 3.05) is 10.8 Å². The highest BCUT2D eigenvalue weighted by molar-refractivity contribution is 9.11. The molecule has 0 saturated heterocycles. The normalized spacial score (nSPS) is 11.6. The molecule has 0 fully saturated rings. The Morgan fingerprint density at radius 1 is 1.33 bits per heavy atom. The van der Waals surface area contributed by atoms with Crippen molar-refractivity contribution in [3.8, 4) is 0 Å². The van der Waals surface area contributed by atoms with Crippen molar-refractivity contribution in [3.05, 3.63) is 44.6 Å². The third kappa shape index (κ3) is 3.15. The molecule has 7 heteroatoms. The van der Waals surface area contributed by atoms with Crippen molar-refractivity contribution in [2.45, 2.75) is 25.3 Å². The van der Waals surface area contributed by atoms with E-state index in [2.05, 4.69) is 15.9 Å². The number of para-hydroxylation sites is 1. The predicted molar refractivity (Wildman–Crippen MR) is 89.3 cm³/mol. The molecular weight excluding hydrogens is 374 g/mol. The van der Waals surface area contributed by atoms with Crippen LogP contribution < -0.4 is 4.31 Å². The van der Waals surface area contributed by atoms with Crippen LogP contribution in [-0.2, 0) is 16.6 Å². The Bertz CT molecular complexity index is 740. The van der Waals surface area contributed by atoms with Crippen molar-refractivity contribution >= 4 is 43.0 Å². The van der Waals surface area contributed by atoms with Crippen molar-refractivity contribution in [1.29, 1.82) is 0 Å². The first-order valence-corrected chi connectivity index (χ1v) is 9.44. The van der Waals surface area contributed by atoms with E-state index < -0.39 is 10.0 Å². The van der Waals surface area contributed by atoms with Crippen LogP contribution in [0.4, 0.5) is 5.69 Å². The SMILES string of the molecule is CCN(c1ccccc1C)S(=O)(=O)c1cc(CO)sc1Br. The monoisotopic (exact) mass is 389 g/mol. The van der Waals surface area contributed by atoms with Crippen LogP contribution >= 0.6 is 27.3 Å². The maximum atomic E-state index is 12.9. The molecule has 2 rings (SSSR count). The summed E-state index contributed by atoms with van der Waals surface area (Å²) < 4.78 is 27.7. The highest BCUT2D eigenvalue weighted by atomic mass is 79.9. The van der Waals surface area contributed by atoms with E-state index in [0.717, 1.165) is 5.56 Å². The highest BCUT2D eigenvalue weighted by Gasteiger charge is 2.28. The molecule has 21 heavy (non-hydrogen) atoms. The Balaban J connectivity index is 2.55. The van der Waals surface area contributed by atoms with E-state index in [0.29, 0.717) is 20.9 Å². The topological polar surface area (TPSA) is 57.6 Å². The van der Waals surface area contributed by atoms with Gasteiger partial charge in [0.15, 0.2) is 0 Å². The second-order valence-electron chi connectivity index (χ2n) is 4.47. The maximum absolute atomic E-state index is 12.9. The number of thiophene rings is 1. The van der Waals surface area contributed by atoms with Gasteiger partial charge in [0.1, 0.15) is 4.90 Å². The van der Waals surface area contributed by atoms with E-state index in [1.165, 1.54) is 21.7 Å². The fraction of sp³-hybridized carbons (Fsp3) is 0.286. The number of aliphatic hydroxyl groups is 1. The number of sulfonamides is 1. The number of anilines is 1. The van der Waals surface area contributed by atoms with Gasteiger partial charge in [-0.25, -0.2) is 8.42 Å². The van der Waals surface area contributed by atoms with Crippen LogP contribution in [0.5, 0.6) is 0 Å². The molecule has 0 aliphatic rings. The van der Waals surface area contributed by atoms with Crippen LogP contribution in [-0.4, -0.2) is 20.1 Å². The van der Waals surface area contributed by atoms with E-state index >= 15 is 0 Å². The summed E-state index contributed by atoms with van der Waals surface area (Å²) in [6, 6.07) is 8.90. The fourth-order valence-corrected chi connectivity index (χ4v) is 6.12. The molecule has 0 aliphatic carbocycles. The minimum Gasteiger partial charge on any atom is -0.391 e. The lowest BCUT2D eigenvalue weighted by atomic mass is 10.2. The first-order valence-electron chi connectivity index (χ1n) is 6.39.